The molecular formula is C23H24ClN3O3S. The van der Waals surface area contributed by atoms with E-state index in [0.29, 0.717) is 31.2 Å². The maximum absolute atomic E-state index is 12.9. The van der Waals surface area contributed by atoms with Gasteiger partial charge in [0.2, 0.25) is 15.9 Å². The van der Waals surface area contributed by atoms with Crippen LogP contribution in [0.2, 0.25) is 5.02 Å². The highest BCUT2D eigenvalue weighted by Gasteiger charge is 2.28. The van der Waals surface area contributed by atoms with Crippen molar-refractivity contribution in [1.29, 1.82) is 0 Å². The summed E-state index contributed by atoms with van der Waals surface area (Å²) >= 11 is 6.07. The van der Waals surface area contributed by atoms with Gasteiger partial charge in [0.05, 0.1) is 10.9 Å². The lowest BCUT2D eigenvalue weighted by molar-refractivity contribution is -0.132. The van der Waals surface area contributed by atoms with E-state index < -0.39 is 16.1 Å². The van der Waals surface area contributed by atoms with Crippen molar-refractivity contribution in [3.05, 3.63) is 71.8 Å². The van der Waals surface area contributed by atoms with Crippen LogP contribution in [0.25, 0.3) is 10.8 Å². The summed E-state index contributed by atoms with van der Waals surface area (Å²) in [6, 6.07) is 19.3. The van der Waals surface area contributed by atoms with Crippen LogP contribution in [-0.2, 0) is 14.8 Å². The first kappa shape index (κ1) is 21.6. The van der Waals surface area contributed by atoms with Gasteiger partial charge in [0, 0.05) is 36.9 Å². The minimum absolute atomic E-state index is 0.150. The number of carbonyl (C=O) groups excluding carboxylic acids is 1. The summed E-state index contributed by atoms with van der Waals surface area (Å²) in [4.78, 5) is 16.9. The SMILES string of the molecule is C[C@@H](NS(=O)(=O)c1ccc2ccccc2c1)C(=O)N1CCN(c2cccc(Cl)c2)CC1. The Kier molecular flexibility index (Phi) is 6.18. The Morgan fingerprint density at radius 3 is 2.35 bits per heavy atom. The van der Waals surface area contributed by atoms with Gasteiger partial charge in [0.15, 0.2) is 0 Å². The number of nitrogens with one attached hydrogen (secondary N) is 1. The fourth-order valence-electron chi connectivity index (χ4n) is 3.82. The van der Waals surface area contributed by atoms with E-state index in [-0.39, 0.29) is 10.8 Å². The highest BCUT2D eigenvalue weighted by atomic mass is 35.5. The van der Waals surface area contributed by atoms with Gasteiger partial charge in [0.1, 0.15) is 0 Å². The van der Waals surface area contributed by atoms with E-state index in [1.165, 1.54) is 0 Å². The van der Waals surface area contributed by atoms with Gasteiger partial charge in [-0.15, -0.1) is 0 Å². The molecule has 162 valence electrons. The van der Waals surface area contributed by atoms with Crippen molar-refractivity contribution in [2.45, 2.75) is 17.9 Å². The molecule has 1 saturated heterocycles. The second-order valence-electron chi connectivity index (χ2n) is 7.64. The van der Waals surface area contributed by atoms with E-state index in [1.54, 1.807) is 30.0 Å². The van der Waals surface area contributed by atoms with Gasteiger partial charge < -0.3 is 9.80 Å². The minimum Gasteiger partial charge on any atom is -0.368 e. The lowest BCUT2D eigenvalue weighted by Gasteiger charge is -2.37. The Hall–Kier alpha value is -2.61. The number of fused-ring (bicyclic) bond motifs is 1. The van der Waals surface area contributed by atoms with Crippen molar-refractivity contribution >= 4 is 44.0 Å². The first-order valence-corrected chi connectivity index (χ1v) is 12.0. The molecule has 6 nitrogen and oxygen atoms in total. The zero-order valence-corrected chi connectivity index (χ0v) is 18.7. The molecule has 8 heteroatoms. The van der Waals surface area contributed by atoms with Crippen LogP contribution in [0.5, 0.6) is 0 Å². The van der Waals surface area contributed by atoms with Crippen molar-refractivity contribution in [3.8, 4) is 0 Å². The summed E-state index contributed by atoms with van der Waals surface area (Å²) in [5, 5.41) is 2.47. The van der Waals surface area contributed by atoms with Gasteiger partial charge in [-0.25, -0.2) is 8.42 Å². The van der Waals surface area contributed by atoms with Crippen molar-refractivity contribution in [2.75, 3.05) is 31.1 Å². The second kappa shape index (κ2) is 8.86. The predicted molar refractivity (Wildman–Crippen MR) is 124 cm³/mol. The molecule has 0 aliphatic carbocycles. The third kappa shape index (κ3) is 4.84. The Morgan fingerprint density at radius 1 is 0.935 bits per heavy atom. The standard InChI is InChI=1S/C23H24ClN3O3S/c1-17(25-31(29,30)22-10-9-18-5-2-3-6-19(18)15-22)23(28)27-13-11-26(12-14-27)21-8-4-7-20(24)16-21/h2-10,15-17,25H,11-14H2,1H3/t17-/m1/s1. The Bertz CT molecular complexity index is 1210. The minimum atomic E-state index is -3.82. The number of nitrogens with zero attached hydrogens (tertiary/aromatic N) is 2. The zero-order valence-electron chi connectivity index (χ0n) is 17.2. The Balaban J connectivity index is 1.40. The monoisotopic (exact) mass is 457 g/mol. The molecule has 31 heavy (non-hydrogen) atoms. The number of amides is 1. The van der Waals surface area contributed by atoms with Crippen molar-refractivity contribution in [3.63, 3.8) is 0 Å². The highest BCUT2D eigenvalue weighted by molar-refractivity contribution is 7.89. The Labute approximate surface area is 187 Å². The third-order valence-corrected chi connectivity index (χ3v) is 7.27. The van der Waals surface area contributed by atoms with E-state index in [2.05, 4.69) is 9.62 Å². The van der Waals surface area contributed by atoms with Crippen LogP contribution in [0, 0.1) is 0 Å². The first-order chi connectivity index (χ1) is 14.8. The van der Waals surface area contributed by atoms with Gasteiger partial charge in [0.25, 0.3) is 0 Å². The van der Waals surface area contributed by atoms with Crippen LogP contribution in [-0.4, -0.2) is 51.4 Å². The van der Waals surface area contributed by atoms with Crippen molar-refractivity contribution in [1.82, 2.24) is 9.62 Å². The van der Waals surface area contributed by atoms with Gasteiger partial charge in [-0.3, -0.25) is 4.79 Å². The predicted octanol–water partition coefficient (Wildman–Crippen LogP) is 3.51. The number of hydrogen-bond acceptors (Lipinski definition) is 4. The molecule has 1 aliphatic rings. The molecule has 4 rings (SSSR count). The quantitative estimate of drug-likeness (QED) is 0.636. The topological polar surface area (TPSA) is 69.7 Å². The number of piperazine rings is 1. The van der Waals surface area contributed by atoms with Crippen LogP contribution in [0.1, 0.15) is 6.92 Å². The molecule has 1 fully saturated rings. The van der Waals surface area contributed by atoms with Crippen molar-refractivity contribution in [2.24, 2.45) is 0 Å². The molecule has 0 unspecified atom stereocenters. The lowest BCUT2D eigenvalue weighted by atomic mass is 10.1. The third-order valence-electron chi connectivity index (χ3n) is 5.50. The van der Waals surface area contributed by atoms with Gasteiger partial charge in [-0.2, -0.15) is 4.72 Å². The molecule has 0 aromatic heterocycles. The number of carbonyl (C=O) groups is 1. The second-order valence-corrected chi connectivity index (χ2v) is 9.79. The summed E-state index contributed by atoms with van der Waals surface area (Å²) in [6.07, 6.45) is 0. The summed E-state index contributed by atoms with van der Waals surface area (Å²) in [5.41, 5.74) is 1.02. The molecule has 0 radical (unpaired) electrons. The van der Waals surface area contributed by atoms with Crippen LogP contribution in [0.4, 0.5) is 5.69 Å². The van der Waals surface area contributed by atoms with Crippen LogP contribution in [0.3, 0.4) is 0 Å². The molecule has 1 heterocycles. The first-order valence-electron chi connectivity index (χ1n) is 10.1. The molecule has 1 aliphatic heterocycles. The summed E-state index contributed by atoms with van der Waals surface area (Å²) in [6.45, 7) is 3.96. The molecule has 0 bridgehead atoms. The van der Waals surface area contributed by atoms with Crippen molar-refractivity contribution < 1.29 is 13.2 Å². The fraction of sp³-hybridized carbons (Fsp3) is 0.261. The smallest absolute Gasteiger partial charge is 0.241 e. The molecule has 3 aromatic rings. The fourth-order valence-corrected chi connectivity index (χ4v) is 5.23. The van der Waals surface area contributed by atoms with Gasteiger partial charge >= 0.3 is 0 Å². The van der Waals surface area contributed by atoms with E-state index in [4.69, 9.17) is 11.6 Å². The molecule has 1 atom stereocenters. The normalized spacial score (nSPS) is 15.8. The lowest BCUT2D eigenvalue weighted by Crippen LogP contribution is -2.54. The highest BCUT2D eigenvalue weighted by Crippen LogP contribution is 2.22. The van der Waals surface area contributed by atoms with Crippen LogP contribution in [0.15, 0.2) is 71.6 Å². The number of rotatable bonds is 5. The number of hydrogen-bond donors (Lipinski definition) is 1. The van der Waals surface area contributed by atoms with Gasteiger partial charge in [-0.1, -0.05) is 48.0 Å². The molecule has 1 N–H and O–H groups in total. The van der Waals surface area contributed by atoms with E-state index in [1.807, 2.05) is 48.5 Å². The average Bonchev–Trinajstić information content (AvgIpc) is 2.78. The number of anilines is 1. The average molecular weight is 458 g/mol. The molecule has 0 saturated carbocycles. The molecule has 0 spiro atoms. The molecular weight excluding hydrogens is 434 g/mol. The largest absolute Gasteiger partial charge is 0.368 e. The summed E-state index contributed by atoms with van der Waals surface area (Å²) in [5.74, 6) is -0.227. The Morgan fingerprint density at radius 2 is 1.65 bits per heavy atom. The van der Waals surface area contributed by atoms with E-state index in [9.17, 15) is 13.2 Å². The van der Waals surface area contributed by atoms with Crippen LogP contribution < -0.4 is 9.62 Å². The number of halogens is 1. The molecule has 3 aromatic carbocycles. The van der Waals surface area contributed by atoms with E-state index in [0.717, 1.165) is 16.5 Å². The zero-order chi connectivity index (χ0) is 22.0. The maximum atomic E-state index is 12.9. The van der Waals surface area contributed by atoms with E-state index >= 15 is 0 Å². The number of benzene rings is 3. The maximum Gasteiger partial charge on any atom is 0.241 e. The number of sulfonamides is 1. The summed E-state index contributed by atoms with van der Waals surface area (Å²) in [7, 11) is -3.82. The summed E-state index contributed by atoms with van der Waals surface area (Å²) < 4.78 is 28.2. The molecule has 1 amide bonds. The van der Waals surface area contributed by atoms with Crippen LogP contribution >= 0.6 is 11.6 Å². The van der Waals surface area contributed by atoms with Gasteiger partial charge in [-0.05, 0) is 48.0 Å².